The molecule has 4 rings (SSSR count). The molecule has 0 aliphatic carbocycles. The van der Waals surface area contributed by atoms with Gasteiger partial charge in [0.15, 0.2) is 17.3 Å². The molecule has 1 saturated heterocycles. The molecule has 1 fully saturated rings. The van der Waals surface area contributed by atoms with Gasteiger partial charge in [0, 0.05) is 49.2 Å². The fourth-order valence-electron chi connectivity index (χ4n) is 3.41. The standard InChI is InChI=1S/C21H23N3O4/c1-15(25)16-3-2-4-18(13-16)23-7-9-24(10-8-23)21(26)22-17-5-6-19-20(14-17)28-12-11-27-19/h2-6,13-14H,7-12H2,1H3,(H,22,26). The monoisotopic (exact) mass is 381 g/mol. The summed E-state index contributed by atoms with van der Waals surface area (Å²) in [7, 11) is 0. The second-order valence-corrected chi connectivity index (χ2v) is 6.87. The zero-order valence-electron chi connectivity index (χ0n) is 15.8. The molecule has 0 bridgehead atoms. The van der Waals surface area contributed by atoms with Gasteiger partial charge in [0.1, 0.15) is 13.2 Å². The average molecular weight is 381 g/mol. The van der Waals surface area contributed by atoms with Crippen LogP contribution in [0.5, 0.6) is 11.5 Å². The molecule has 7 nitrogen and oxygen atoms in total. The zero-order chi connectivity index (χ0) is 19.5. The summed E-state index contributed by atoms with van der Waals surface area (Å²) in [5.74, 6) is 1.41. The number of urea groups is 1. The highest BCUT2D eigenvalue weighted by atomic mass is 16.6. The smallest absolute Gasteiger partial charge is 0.321 e. The highest BCUT2D eigenvalue weighted by molar-refractivity contribution is 5.95. The van der Waals surface area contributed by atoms with Crippen molar-refractivity contribution in [1.29, 1.82) is 0 Å². The van der Waals surface area contributed by atoms with Crippen molar-refractivity contribution < 1.29 is 19.1 Å². The van der Waals surface area contributed by atoms with Crippen LogP contribution in [0.1, 0.15) is 17.3 Å². The van der Waals surface area contributed by atoms with Gasteiger partial charge >= 0.3 is 6.03 Å². The summed E-state index contributed by atoms with van der Waals surface area (Å²) in [4.78, 5) is 28.2. The second kappa shape index (κ2) is 7.80. The fourth-order valence-corrected chi connectivity index (χ4v) is 3.41. The van der Waals surface area contributed by atoms with E-state index in [9.17, 15) is 9.59 Å². The van der Waals surface area contributed by atoms with E-state index in [-0.39, 0.29) is 11.8 Å². The summed E-state index contributed by atoms with van der Waals surface area (Å²) in [5, 5.41) is 2.93. The number of benzene rings is 2. The lowest BCUT2D eigenvalue weighted by Gasteiger charge is -2.36. The van der Waals surface area contributed by atoms with Crippen LogP contribution in [0.2, 0.25) is 0 Å². The topological polar surface area (TPSA) is 71.1 Å². The maximum Gasteiger partial charge on any atom is 0.321 e. The number of piperazine rings is 1. The Morgan fingerprint density at radius 3 is 2.43 bits per heavy atom. The van der Waals surface area contributed by atoms with Crippen LogP contribution < -0.4 is 19.7 Å². The number of anilines is 2. The lowest BCUT2D eigenvalue weighted by Crippen LogP contribution is -2.50. The molecule has 0 saturated carbocycles. The third kappa shape index (κ3) is 3.88. The van der Waals surface area contributed by atoms with Crippen LogP contribution in [-0.4, -0.2) is 56.1 Å². The summed E-state index contributed by atoms with van der Waals surface area (Å²) in [5.41, 5.74) is 2.40. The minimum atomic E-state index is -0.131. The van der Waals surface area contributed by atoms with Gasteiger partial charge in [-0.2, -0.15) is 0 Å². The first-order chi connectivity index (χ1) is 13.6. The maximum absolute atomic E-state index is 12.6. The second-order valence-electron chi connectivity index (χ2n) is 6.87. The number of hydrogen-bond acceptors (Lipinski definition) is 5. The number of fused-ring (bicyclic) bond motifs is 1. The van der Waals surface area contributed by atoms with E-state index in [0.717, 1.165) is 18.8 Å². The molecule has 0 atom stereocenters. The van der Waals surface area contributed by atoms with E-state index in [4.69, 9.17) is 9.47 Å². The first-order valence-corrected chi connectivity index (χ1v) is 9.42. The van der Waals surface area contributed by atoms with E-state index >= 15 is 0 Å². The number of carbonyl (C=O) groups is 2. The largest absolute Gasteiger partial charge is 0.486 e. The molecule has 0 spiro atoms. The molecule has 7 heteroatoms. The lowest BCUT2D eigenvalue weighted by atomic mass is 10.1. The summed E-state index contributed by atoms with van der Waals surface area (Å²) in [6.07, 6.45) is 0. The van der Waals surface area contributed by atoms with Crippen molar-refractivity contribution in [3.63, 3.8) is 0 Å². The van der Waals surface area contributed by atoms with Gasteiger partial charge in [0.05, 0.1) is 0 Å². The number of Topliss-reactive ketones (excluding diaryl/α,β-unsaturated/α-hetero) is 1. The number of ketones is 1. The first kappa shape index (κ1) is 18.2. The van der Waals surface area contributed by atoms with Crippen LogP contribution in [0.25, 0.3) is 0 Å². The number of carbonyl (C=O) groups excluding carboxylic acids is 2. The summed E-state index contributed by atoms with van der Waals surface area (Å²) in [6.45, 7) is 5.28. The van der Waals surface area contributed by atoms with Crippen LogP contribution >= 0.6 is 0 Å². The van der Waals surface area contributed by atoms with Gasteiger partial charge in [-0.05, 0) is 31.2 Å². The van der Waals surface area contributed by atoms with Crippen molar-refractivity contribution in [3.8, 4) is 11.5 Å². The highest BCUT2D eigenvalue weighted by Gasteiger charge is 2.22. The number of rotatable bonds is 3. The lowest BCUT2D eigenvalue weighted by molar-refractivity contribution is 0.101. The van der Waals surface area contributed by atoms with Crippen molar-refractivity contribution in [2.45, 2.75) is 6.92 Å². The molecule has 2 aliphatic heterocycles. The Labute approximate surface area is 163 Å². The number of amides is 2. The minimum absolute atomic E-state index is 0.0549. The Morgan fingerprint density at radius 1 is 0.929 bits per heavy atom. The average Bonchev–Trinajstić information content (AvgIpc) is 2.74. The molecule has 0 aromatic heterocycles. The summed E-state index contributed by atoms with van der Waals surface area (Å²) >= 11 is 0. The van der Waals surface area contributed by atoms with Gasteiger partial charge in [-0.3, -0.25) is 4.79 Å². The van der Waals surface area contributed by atoms with Crippen molar-refractivity contribution in [2.24, 2.45) is 0 Å². The molecule has 0 unspecified atom stereocenters. The third-order valence-electron chi connectivity index (χ3n) is 4.98. The van der Waals surface area contributed by atoms with Crippen LogP contribution in [-0.2, 0) is 0 Å². The number of hydrogen-bond donors (Lipinski definition) is 1. The number of ether oxygens (including phenoxy) is 2. The van der Waals surface area contributed by atoms with E-state index in [0.29, 0.717) is 49.1 Å². The van der Waals surface area contributed by atoms with Gasteiger partial charge in [-0.1, -0.05) is 12.1 Å². The number of nitrogens with zero attached hydrogens (tertiary/aromatic N) is 2. The van der Waals surface area contributed by atoms with Crippen LogP contribution in [0.3, 0.4) is 0 Å². The van der Waals surface area contributed by atoms with Gasteiger partial charge < -0.3 is 24.6 Å². The summed E-state index contributed by atoms with van der Waals surface area (Å²) in [6, 6.07) is 12.9. The fraction of sp³-hybridized carbons (Fsp3) is 0.333. The maximum atomic E-state index is 12.6. The van der Waals surface area contributed by atoms with E-state index in [2.05, 4.69) is 10.2 Å². The number of nitrogens with one attached hydrogen (secondary N) is 1. The van der Waals surface area contributed by atoms with Crippen LogP contribution in [0.15, 0.2) is 42.5 Å². The molecule has 0 radical (unpaired) electrons. The molecule has 2 aliphatic rings. The zero-order valence-corrected chi connectivity index (χ0v) is 15.8. The Balaban J connectivity index is 1.35. The SMILES string of the molecule is CC(=O)c1cccc(N2CCN(C(=O)Nc3ccc4c(c3)OCCO4)CC2)c1. The van der Waals surface area contributed by atoms with Crippen molar-refractivity contribution in [3.05, 3.63) is 48.0 Å². The molecular weight excluding hydrogens is 358 g/mol. The molecule has 2 aromatic rings. The van der Waals surface area contributed by atoms with E-state index in [1.165, 1.54) is 0 Å². The normalized spacial score (nSPS) is 15.9. The molecule has 28 heavy (non-hydrogen) atoms. The van der Waals surface area contributed by atoms with E-state index in [1.54, 1.807) is 17.9 Å². The Kier molecular flexibility index (Phi) is 5.06. The Hall–Kier alpha value is -3.22. The molecule has 2 aromatic carbocycles. The van der Waals surface area contributed by atoms with Gasteiger partial charge in [0.2, 0.25) is 0 Å². The third-order valence-corrected chi connectivity index (χ3v) is 4.98. The first-order valence-electron chi connectivity index (χ1n) is 9.42. The molecule has 2 heterocycles. The minimum Gasteiger partial charge on any atom is -0.486 e. The highest BCUT2D eigenvalue weighted by Crippen LogP contribution is 2.32. The van der Waals surface area contributed by atoms with Gasteiger partial charge in [-0.25, -0.2) is 4.79 Å². The van der Waals surface area contributed by atoms with Crippen molar-refractivity contribution in [1.82, 2.24) is 4.90 Å². The van der Waals surface area contributed by atoms with Crippen LogP contribution in [0, 0.1) is 0 Å². The van der Waals surface area contributed by atoms with Gasteiger partial charge in [0.25, 0.3) is 0 Å². The van der Waals surface area contributed by atoms with E-state index < -0.39 is 0 Å². The molecule has 146 valence electrons. The Morgan fingerprint density at radius 2 is 1.68 bits per heavy atom. The molecule has 2 amide bonds. The predicted molar refractivity (Wildman–Crippen MR) is 107 cm³/mol. The van der Waals surface area contributed by atoms with E-state index in [1.807, 2.05) is 36.4 Å². The molecular formula is C21H23N3O4. The Bertz CT molecular complexity index is 891. The van der Waals surface area contributed by atoms with Crippen molar-refractivity contribution in [2.75, 3.05) is 49.6 Å². The van der Waals surface area contributed by atoms with Crippen molar-refractivity contribution >= 4 is 23.2 Å². The summed E-state index contributed by atoms with van der Waals surface area (Å²) < 4.78 is 11.1. The quantitative estimate of drug-likeness (QED) is 0.828. The molecule has 1 N–H and O–H groups in total. The predicted octanol–water partition coefficient (Wildman–Crippen LogP) is 3.01. The van der Waals surface area contributed by atoms with Gasteiger partial charge in [-0.15, -0.1) is 0 Å². The van der Waals surface area contributed by atoms with Crippen LogP contribution in [0.4, 0.5) is 16.2 Å².